The maximum absolute atomic E-state index is 9.10. The minimum Gasteiger partial charge on any atom is -0.494 e. The first-order valence-corrected chi connectivity index (χ1v) is 9.14. The van der Waals surface area contributed by atoms with Crippen molar-refractivity contribution in [1.82, 2.24) is 4.90 Å². The van der Waals surface area contributed by atoms with Crippen LogP contribution < -0.4 is 4.74 Å². The van der Waals surface area contributed by atoms with Crippen molar-refractivity contribution in [2.75, 3.05) is 26.2 Å². The highest BCUT2D eigenvalue weighted by molar-refractivity contribution is 14.1. The standard InChI is InChI=1S/C15H22INO.C2H2O4/c16-14-6-8-15(9-7-14)18-13-5-12-17-10-3-1-2-4-11-17;3-1(4)2(5)6/h6-9H,1-5,10-13H2;(H,3,4)(H,5,6). The van der Waals surface area contributed by atoms with Gasteiger partial charge in [-0.25, -0.2) is 9.59 Å². The van der Waals surface area contributed by atoms with E-state index in [0.29, 0.717) is 0 Å². The van der Waals surface area contributed by atoms with E-state index < -0.39 is 11.9 Å². The van der Waals surface area contributed by atoms with E-state index in [9.17, 15) is 0 Å². The van der Waals surface area contributed by atoms with E-state index in [1.165, 1.54) is 48.9 Å². The lowest BCUT2D eigenvalue weighted by Gasteiger charge is -2.19. The predicted molar refractivity (Wildman–Crippen MR) is 99.5 cm³/mol. The topological polar surface area (TPSA) is 87.1 Å². The molecule has 0 saturated carbocycles. The number of carboxylic acids is 2. The Labute approximate surface area is 155 Å². The van der Waals surface area contributed by atoms with Gasteiger partial charge in [0, 0.05) is 10.1 Å². The zero-order chi connectivity index (χ0) is 17.8. The Kier molecular flexibility index (Phi) is 10.4. The molecule has 1 aromatic carbocycles. The number of carbonyl (C=O) groups is 2. The van der Waals surface area contributed by atoms with E-state index in [0.717, 1.165) is 18.8 Å². The molecule has 1 aromatic rings. The van der Waals surface area contributed by atoms with Gasteiger partial charge in [-0.1, -0.05) is 12.8 Å². The van der Waals surface area contributed by atoms with Crippen LogP contribution in [0.15, 0.2) is 24.3 Å². The molecule has 0 aromatic heterocycles. The van der Waals surface area contributed by atoms with Crippen molar-refractivity contribution in [3.8, 4) is 5.75 Å². The summed E-state index contributed by atoms with van der Waals surface area (Å²) in [5.41, 5.74) is 0. The number of hydrogen-bond donors (Lipinski definition) is 2. The predicted octanol–water partition coefficient (Wildman–Crippen LogP) is 3.09. The van der Waals surface area contributed by atoms with E-state index in [1.807, 2.05) is 12.1 Å². The van der Waals surface area contributed by atoms with Gasteiger partial charge < -0.3 is 19.8 Å². The van der Waals surface area contributed by atoms with Crippen molar-refractivity contribution in [3.05, 3.63) is 27.8 Å². The maximum atomic E-state index is 9.10. The molecule has 1 aliphatic heterocycles. The Morgan fingerprint density at radius 1 is 1.00 bits per heavy atom. The Bertz CT molecular complexity index is 486. The fraction of sp³-hybridized carbons (Fsp3) is 0.529. The summed E-state index contributed by atoms with van der Waals surface area (Å²) in [6.45, 7) is 4.58. The van der Waals surface area contributed by atoms with Gasteiger partial charge in [0.15, 0.2) is 0 Å². The molecule has 24 heavy (non-hydrogen) atoms. The third kappa shape index (κ3) is 9.71. The van der Waals surface area contributed by atoms with E-state index in [1.54, 1.807) is 0 Å². The summed E-state index contributed by atoms with van der Waals surface area (Å²) in [6.07, 6.45) is 6.70. The molecule has 2 N–H and O–H groups in total. The first-order valence-electron chi connectivity index (χ1n) is 8.06. The smallest absolute Gasteiger partial charge is 0.414 e. The Morgan fingerprint density at radius 2 is 1.54 bits per heavy atom. The van der Waals surface area contributed by atoms with Gasteiger partial charge >= 0.3 is 11.9 Å². The van der Waals surface area contributed by atoms with Crippen LogP contribution in [0.4, 0.5) is 0 Å². The van der Waals surface area contributed by atoms with Crippen LogP contribution in [0.1, 0.15) is 32.1 Å². The molecule has 134 valence electrons. The molecule has 2 rings (SSSR count). The summed E-state index contributed by atoms with van der Waals surface area (Å²) < 4.78 is 7.01. The fourth-order valence-electron chi connectivity index (χ4n) is 2.37. The van der Waals surface area contributed by atoms with E-state index in [4.69, 9.17) is 24.5 Å². The number of rotatable bonds is 5. The number of likely N-dealkylation sites (tertiary alicyclic amines) is 1. The molecule has 0 unspecified atom stereocenters. The van der Waals surface area contributed by atoms with Crippen LogP contribution in [-0.2, 0) is 9.59 Å². The first kappa shape index (κ1) is 20.7. The van der Waals surface area contributed by atoms with Gasteiger partial charge in [0.25, 0.3) is 0 Å². The second-order valence-corrected chi connectivity index (χ2v) is 6.77. The molecule has 0 bridgehead atoms. The molecule has 1 heterocycles. The summed E-state index contributed by atoms with van der Waals surface area (Å²) in [5.74, 6) is -2.66. The molecular formula is C17H24INO5. The van der Waals surface area contributed by atoms with Crippen molar-refractivity contribution in [1.29, 1.82) is 0 Å². The van der Waals surface area contributed by atoms with E-state index in [-0.39, 0.29) is 0 Å². The zero-order valence-corrected chi connectivity index (χ0v) is 15.8. The van der Waals surface area contributed by atoms with Crippen LogP contribution in [0.2, 0.25) is 0 Å². The lowest BCUT2D eigenvalue weighted by molar-refractivity contribution is -0.159. The Hall–Kier alpha value is -1.35. The van der Waals surface area contributed by atoms with Crippen LogP contribution in [0.5, 0.6) is 5.75 Å². The fourth-order valence-corrected chi connectivity index (χ4v) is 2.73. The van der Waals surface area contributed by atoms with E-state index >= 15 is 0 Å². The molecule has 0 atom stereocenters. The van der Waals surface area contributed by atoms with Crippen LogP contribution in [0, 0.1) is 3.57 Å². The average Bonchev–Trinajstić information content (AvgIpc) is 2.82. The molecule has 6 nitrogen and oxygen atoms in total. The van der Waals surface area contributed by atoms with Gasteiger partial charge in [-0.3, -0.25) is 0 Å². The summed E-state index contributed by atoms with van der Waals surface area (Å²) in [5, 5.41) is 14.8. The number of ether oxygens (including phenoxy) is 1. The largest absolute Gasteiger partial charge is 0.494 e. The van der Waals surface area contributed by atoms with Crippen molar-refractivity contribution in [2.24, 2.45) is 0 Å². The third-order valence-electron chi connectivity index (χ3n) is 3.58. The second-order valence-electron chi connectivity index (χ2n) is 5.52. The molecule has 0 amide bonds. The minimum absolute atomic E-state index is 0.830. The number of aliphatic carboxylic acids is 2. The molecule has 1 saturated heterocycles. The lowest BCUT2D eigenvalue weighted by atomic mass is 10.2. The van der Waals surface area contributed by atoms with Crippen molar-refractivity contribution < 1.29 is 24.5 Å². The van der Waals surface area contributed by atoms with Crippen molar-refractivity contribution in [2.45, 2.75) is 32.1 Å². The summed E-state index contributed by atoms with van der Waals surface area (Å²) in [4.78, 5) is 20.8. The van der Waals surface area contributed by atoms with Crippen LogP contribution in [0.3, 0.4) is 0 Å². The number of carboxylic acid groups (broad SMARTS) is 2. The van der Waals surface area contributed by atoms with Crippen LogP contribution in [0.25, 0.3) is 0 Å². The molecular weight excluding hydrogens is 425 g/mol. The van der Waals surface area contributed by atoms with Gasteiger partial charge in [0.2, 0.25) is 0 Å². The number of benzene rings is 1. The average molecular weight is 449 g/mol. The molecule has 0 aliphatic carbocycles. The number of hydrogen-bond acceptors (Lipinski definition) is 4. The quantitative estimate of drug-likeness (QED) is 0.408. The van der Waals surface area contributed by atoms with Gasteiger partial charge in [-0.15, -0.1) is 0 Å². The third-order valence-corrected chi connectivity index (χ3v) is 4.30. The van der Waals surface area contributed by atoms with Crippen molar-refractivity contribution in [3.63, 3.8) is 0 Å². The molecule has 1 fully saturated rings. The summed E-state index contributed by atoms with van der Waals surface area (Å²) in [6, 6.07) is 8.27. The zero-order valence-electron chi connectivity index (χ0n) is 13.6. The molecule has 0 radical (unpaired) electrons. The lowest BCUT2D eigenvalue weighted by Crippen LogP contribution is -2.26. The van der Waals surface area contributed by atoms with Gasteiger partial charge in [0.1, 0.15) is 5.75 Å². The van der Waals surface area contributed by atoms with Crippen molar-refractivity contribution >= 4 is 34.5 Å². The number of nitrogens with zero attached hydrogens (tertiary/aromatic N) is 1. The van der Waals surface area contributed by atoms with E-state index in [2.05, 4.69) is 39.6 Å². The SMILES string of the molecule is Ic1ccc(OCCCN2CCCCCC2)cc1.O=C(O)C(=O)O. The highest BCUT2D eigenvalue weighted by atomic mass is 127. The van der Waals surface area contributed by atoms with Crippen LogP contribution >= 0.6 is 22.6 Å². The maximum Gasteiger partial charge on any atom is 0.414 e. The summed E-state index contributed by atoms with van der Waals surface area (Å²) in [7, 11) is 0. The highest BCUT2D eigenvalue weighted by Gasteiger charge is 2.08. The first-order chi connectivity index (χ1) is 11.5. The monoisotopic (exact) mass is 449 g/mol. The molecule has 7 heteroatoms. The van der Waals surface area contributed by atoms with Crippen LogP contribution in [-0.4, -0.2) is 53.3 Å². The van der Waals surface area contributed by atoms with Gasteiger partial charge in [0.05, 0.1) is 6.61 Å². The molecule has 0 spiro atoms. The number of halogens is 1. The summed E-state index contributed by atoms with van der Waals surface area (Å²) >= 11 is 2.31. The van der Waals surface area contributed by atoms with Gasteiger partial charge in [-0.2, -0.15) is 0 Å². The Morgan fingerprint density at radius 3 is 2.04 bits per heavy atom. The van der Waals surface area contributed by atoms with Gasteiger partial charge in [-0.05, 0) is 79.2 Å². The minimum atomic E-state index is -1.82. The molecule has 1 aliphatic rings. The highest BCUT2D eigenvalue weighted by Crippen LogP contribution is 2.14. The second kappa shape index (κ2) is 12.1. The normalized spacial score (nSPS) is 14.9. The Balaban J connectivity index is 0.000000413.